The zero-order valence-electron chi connectivity index (χ0n) is 11.2. The molecule has 0 radical (unpaired) electrons. The van der Waals surface area contributed by atoms with Crippen molar-refractivity contribution in [2.24, 2.45) is 0 Å². The van der Waals surface area contributed by atoms with E-state index >= 15 is 0 Å². The molecule has 0 fully saturated rings. The summed E-state index contributed by atoms with van der Waals surface area (Å²) in [5, 5.41) is 3.01. The Bertz CT molecular complexity index is 537. The van der Waals surface area contributed by atoms with E-state index in [9.17, 15) is 4.39 Å². The van der Waals surface area contributed by atoms with Crippen LogP contribution in [0.25, 0.3) is 11.1 Å². The van der Waals surface area contributed by atoms with Gasteiger partial charge in [-0.1, -0.05) is 24.3 Å². The normalized spacial score (nSPS) is 10.5. The fourth-order valence-electron chi connectivity index (χ4n) is 2.00. The lowest BCUT2D eigenvalue weighted by atomic mass is 10.0. The molecule has 3 heteroatoms. The maximum atomic E-state index is 14.0. The highest BCUT2D eigenvalue weighted by molar-refractivity contribution is 5.65. The van der Waals surface area contributed by atoms with Crippen molar-refractivity contribution in [1.82, 2.24) is 5.32 Å². The van der Waals surface area contributed by atoms with Crippen LogP contribution in [-0.2, 0) is 6.54 Å². The summed E-state index contributed by atoms with van der Waals surface area (Å²) in [6.45, 7) is 3.24. The minimum Gasteiger partial charge on any atom is -0.494 e. The molecule has 1 N–H and O–H groups in total. The lowest BCUT2D eigenvalue weighted by Gasteiger charge is -2.08. The van der Waals surface area contributed by atoms with E-state index in [1.165, 1.54) is 0 Å². The summed E-state index contributed by atoms with van der Waals surface area (Å²) >= 11 is 0. The van der Waals surface area contributed by atoms with Crippen molar-refractivity contribution >= 4 is 0 Å². The van der Waals surface area contributed by atoms with Crippen molar-refractivity contribution in [1.29, 1.82) is 0 Å². The summed E-state index contributed by atoms with van der Waals surface area (Å²) in [4.78, 5) is 0. The number of rotatable bonds is 5. The molecule has 2 aromatic rings. The van der Waals surface area contributed by atoms with Gasteiger partial charge in [-0.05, 0) is 43.3 Å². The number of nitrogens with one attached hydrogen (secondary N) is 1. The van der Waals surface area contributed by atoms with Crippen LogP contribution in [-0.4, -0.2) is 13.7 Å². The van der Waals surface area contributed by atoms with Crippen LogP contribution in [0.2, 0.25) is 0 Å². The lowest BCUT2D eigenvalue weighted by Crippen LogP contribution is -2.05. The minimum atomic E-state index is -0.197. The fourth-order valence-corrected chi connectivity index (χ4v) is 2.00. The number of hydrogen-bond donors (Lipinski definition) is 1. The van der Waals surface area contributed by atoms with E-state index in [0.717, 1.165) is 16.9 Å². The number of ether oxygens (including phenoxy) is 1. The molecule has 0 heterocycles. The Hall–Kier alpha value is -1.87. The topological polar surface area (TPSA) is 21.3 Å². The molecule has 0 aliphatic heterocycles. The molecule has 2 aromatic carbocycles. The first-order chi connectivity index (χ1) is 9.24. The second-order valence-electron chi connectivity index (χ2n) is 4.30. The Labute approximate surface area is 113 Å². The van der Waals surface area contributed by atoms with Crippen molar-refractivity contribution in [3.8, 4) is 16.9 Å². The predicted octanol–water partition coefficient (Wildman–Crippen LogP) is 3.61. The Kier molecular flexibility index (Phi) is 4.53. The zero-order chi connectivity index (χ0) is 13.7. The van der Waals surface area contributed by atoms with Crippen LogP contribution < -0.4 is 10.1 Å². The first kappa shape index (κ1) is 13.6. The Morgan fingerprint density at radius 1 is 1.11 bits per heavy atom. The first-order valence-corrected chi connectivity index (χ1v) is 6.41. The second-order valence-corrected chi connectivity index (χ2v) is 4.30. The van der Waals surface area contributed by atoms with Gasteiger partial charge in [-0.25, -0.2) is 4.39 Å². The molecule has 0 atom stereocenters. The molecule has 19 heavy (non-hydrogen) atoms. The van der Waals surface area contributed by atoms with E-state index in [2.05, 4.69) is 5.32 Å². The van der Waals surface area contributed by atoms with Gasteiger partial charge in [0.15, 0.2) is 0 Å². The largest absolute Gasteiger partial charge is 0.494 e. The van der Waals surface area contributed by atoms with Gasteiger partial charge in [0.25, 0.3) is 0 Å². The van der Waals surface area contributed by atoms with Crippen LogP contribution in [0.5, 0.6) is 5.75 Å². The molecular weight excluding hydrogens is 241 g/mol. The van der Waals surface area contributed by atoms with Gasteiger partial charge >= 0.3 is 0 Å². The lowest BCUT2D eigenvalue weighted by molar-refractivity contribution is 0.340. The summed E-state index contributed by atoms with van der Waals surface area (Å²) in [7, 11) is 1.85. The SMILES string of the molecule is CCOc1ccc(-c2ccc(CNC)cc2F)cc1. The van der Waals surface area contributed by atoms with Crippen molar-refractivity contribution in [3.05, 3.63) is 53.8 Å². The van der Waals surface area contributed by atoms with Gasteiger partial charge in [0.05, 0.1) is 6.61 Å². The maximum absolute atomic E-state index is 14.0. The number of hydrogen-bond acceptors (Lipinski definition) is 2. The summed E-state index contributed by atoms with van der Waals surface area (Å²) < 4.78 is 19.4. The molecule has 2 nitrogen and oxygen atoms in total. The summed E-state index contributed by atoms with van der Waals surface area (Å²) in [5.41, 5.74) is 2.41. The van der Waals surface area contributed by atoms with E-state index in [4.69, 9.17) is 4.74 Å². The molecule has 0 saturated heterocycles. The molecule has 0 aromatic heterocycles. The summed E-state index contributed by atoms with van der Waals surface area (Å²) in [6.07, 6.45) is 0. The highest BCUT2D eigenvalue weighted by atomic mass is 19.1. The van der Waals surface area contributed by atoms with Gasteiger partial charge in [-0.3, -0.25) is 0 Å². The molecule has 0 bridgehead atoms. The van der Waals surface area contributed by atoms with Gasteiger partial charge in [0.1, 0.15) is 11.6 Å². The Morgan fingerprint density at radius 2 is 1.84 bits per heavy atom. The van der Waals surface area contributed by atoms with Crippen LogP contribution in [0.4, 0.5) is 4.39 Å². The standard InChI is InChI=1S/C16H18FNO/c1-3-19-14-7-5-13(6-8-14)15-9-4-12(11-18-2)10-16(15)17/h4-10,18H,3,11H2,1-2H3. The van der Waals surface area contributed by atoms with Crippen LogP contribution in [0.15, 0.2) is 42.5 Å². The molecular formula is C16H18FNO. The highest BCUT2D eigenvalue weighted by Crippen LogP contribution is 2.25. The van der Waals surface area contributed by atoms with Crippen LogP contribution >= 0.6 is 0 Å². The van der Waals surface area contributed by atoms with Gasteiger partial charge in [0.2, 0.25) is 0 Å². The van der Waals surface area contributed by atoms with Crippen molar-refractivity contribution < 1.29 is 9.13 Å². The van der Waals surface area contributed by atoms with Crippen molar-refractivity contribution in [2.75, 3.05) is 13.7 Å². The van der Waals surface area contributed by atoms with Gasteiger partial charge < -0.3 is 10.1 Å². The smallest absolute Gasteiger partial charge is 0.131 e. The van der Waals surface area contributed by atoms with Gasteiger partial charge in [0, 0.05) is 12.1 Å². The molecule has 2 rings (SSSR count). The first-order valence-electron chi connectivity index (χ1n) is 6.41. The predicted molar refractivity (Wildman–Crippen MR) is 75.8 cm³/mol. The Morgan fingerprint density at radius 3 is 2.42 bits per heavy atom. The van der Waals surface area contributed by atoms with E-state index in [1.807, 2.05) is 50.4 Å². The molecule has 0 aliphatic carbocycles. The molecule has 0 spiro atoms. The van der Waals surface area contributed by atoms with E-state index < -0.39 is 0 Å². The van der Waals surface area contributed by atoms with E-state index in [-0.39, 0.29) is 5.82 Å². The summed E-state index contributed by atoms with van der Waals surface area (Å²) in [6, 6.07) is 12.8. The number of halogens is 1. The quantitative estimate of drug-likeness (QED) is 0.885. The molecule has 0 amide bonds. The molecule has 100 valence electrons. The van der Waals surface area contributed by atoms with E-state index in [1.54, 1.807) is 6.07 Å². The average molecular weight is 259 g/mol. The molecule has 0 aliphatic rings. The maximum Gasteiger partial charge on any atom is 0.131 e. The molecule has 0 saturated carbocycles. The fraction of sp³-hybridized carbons (Fsp3) is 0.250. The van der Waals surface area contributed by atoms with Crippen molar-refractivity contribution in [3.63, 3.8) is 0 Å². The third-order valence-electron chi connectivity index (χ3n) is 2.89. The van der Waals surface area contributed by atoms with Crippen LogP contribution in [0.3, 0.4) is 0 Å². The summed E-state index contributed by atoms with van der Waals surface area (Å²) in [5.74, 6) is 0.607. The number of benzene rings is 2. The molecule has 0 unspecified atom stereocenters. The average Bonchev–Trinajstić information content (AvgIpc) is 2.41. The van der Waals surface area contributed by atoms with Crippen molar-refractivity contribution in [2.45, 2.75) is 13.5 Å². The minimum absolute atomic E-state index is 0.197. The third-order valence-corrected chi connectivity index (χ3v) is 2.89. The monoisotopic (exact) mass is 259 g/mol. The van der Waals surface area contributed by atoms with E-state index in [0.29, 0.717) is 18.7 Å². The highest BCUT2D eigenvalue weighted by Gasteiger charge is 2.06. The second kappa shape index (κ2) is 6.34. The Balaban J connectivity index is 2.25. The third kappa shape index (κ3) is 3.32. The van der Waals surface area contributed by atoms with Gasteiger partial charge in [-0.15, -0.1) is 0 Å². The van der Waals surface area contributed by atoms with Crippen LogP contribution in [0.1, 0.15) is 12.5 Å². The zero-order valence-corrected chi connectivity index (χ0v) is 11.2. The van der Waals surface area contributed by atoms with Crippen LogP contribution in [0, 0.1) is 5.82 Å². The van der Waals surface area contributed by atoms with Gasteiger partial charge in [-0.2, -0.15) is 0 Å².